The first kappa shape index (κ1) is 47.0. The summed E-state index contributed by atoms with van der Waals surface area (Å²) in [6.07, 6.45) is -11.1. The second-order valence-electron chi connectivity index (χ2n) is 18.1. The molecule has 3 aliphatic carbocycles. The Morgan fingerprint density at radius 2 is 1.51 bits per heavy atom. The highest BCUT2D eigenvalue weighted by Crippen LogP contribution is 2.64. The molecule has 1 heterocycles. The number of Topliss-reactive ketones (excluding diaryl/α,β-unsaturated/α-hetero) is 1. The minimum absolute atomic E-state index is 0.0573. The summed E-state index contributed by atoms with van der Waals surface area (Å²) in [5, 5.41) is 40.1. The van der Waals surface area contributed by atoms with Crippen molar-refractivity contribution < 1.29 is 72.5 Å². The fourth-order valence-electron chi connectivity index (χ4n) is 10.4. The number of alkyl carbamates (subject to hydrolysis) is 1. The Hall–Kier alpha value is -5.94. The second kappa shape index (κ2) is 18.1. The van der Waals surface area contributed by atoms with Crippen LogP contribution < -0.4 is 5.32 Å². The Morgan fingerprint density at radius 3 is 2.11 bits per heavy atom. The fourth-order valence-corrected chi connectivity index (χ4v) is 10.4. The molecule has 11 atom stereocenters. The Bertz CT molecular complexity index is 2340. The number of nitrogens with one attached hydrogen (secondary N) is 1. The highest BCUT2D eigenvalue weighted by atomic mass is 16.6. The smallest absolute Gasteiger partial charge is 0.407 e. The van der Waals surface area contributed by atoms with E-state index < -0.39 is 119 Å². The SMILES string of the molecule is CC(=O)O[C@@]12COC1CC(O)C1(C)C(=O)C(O)C3=C(C)C(OC(=O)C(OC(=O)CNC(=O)OCc4ccccc4)C(C)c4ccccc4)CC(O)(C(OC(=O)c4ccccc4)C12)C3(C)C. The molecule has 1 amide bonds. The van der Waals surface area contributed by atoms with Crippen LogP contribution in [0.1, 0.15) is 81.8 Å². The van der Waals surface area contributed by atoms with Crippen molar-refractivity contribution >= 4 is 35.8 Å². The molecule has 16 nitrogen and oxygen atoms in total. The summed E-state index contributed by atoms with van der Waals surface area (Å²) in [7, 11) is 0. The molecule has 1 saturated heterocycles. The van der Waals surface area contributed by atoms with E-state index in [-0.39, 0.29) is 36.3 Å². The van der Waals surface area contributed by atoms with E-state index in [2.05, 4.69) is 5.32 Å². The van der Waals surface area contributed by atoms with Gasteiger partial charge in [0.25, 0.3) is 0 Å². The third kappa shape index (κ3) is 8.44. The van der Waals surface area contributed by atoms with E-state index in [0.29, 0.717) is 11.1 Å². The molecular weight excluding hydrogens is 843 g/mol. The van der Waals surface area contributed by atoms with Crippen molar-refractivity contribution in [2.75, 3.05) is 13.2 Å². The van der Waals surface area contributed by atoms with Gasteiger partial charge in [0.1, 0.15) is 43.2 Å². The fraction of sp³-hybridized carbons (Fsp3) is 0.469. The zero-order valence-electron chi connectivity index (χ0n) is 37.1. The number of aliphatic hydroxyl groups excluding tert-OH is 2. The van der Waals surface area contributed by atoms with E-state index in [4.69, 9.17) is 28.4 Å². The van der Waals surface area contributed by atoms with Gasteiger partial charge in [-0.2, -0.15) is 0 Å². The second-order valence-corrected chi connectivity index (χ2v) is 18.1. The first-order valence-corrected chi connectivity index (χ1v) is 21.6. The number of ether oxygens (including phenoxy) is 6. The number of rotatable bonds is 12. The van der Waals surface area contributed by atoms with Gasteiger partial charge in [0.15, 0.2) is 11.4 Å². The number of carbonyl (C=O) groups is 6. The minimum Gasteiger partial charge on any atom is -0.455 e. The lowest BCUT2D eigenvalue weighted by Crippen LogP contribution is -2.81. The Labute approximate surface area is 376 Å². The zero-order chi connectivity index (χ0) is 47.1. The molecule has 65 heavy (non-hydrogen) atoms. The molecule has 4 N–H and O–H groups in total. The van der Waals surface area contributed by atoms with Crippen molar-refractivity contribution in [3.05, 3.63) is 119 Å². The Kier molecular flexibility index (Phi) is 13.1. The van der Waals surface area contributed by atoms with Crippen molar-refractivity contribution in [2.45, 2.75) is 115 Å². The number of hydrogen-bond acceptors (Lipinski definition) is 15. The van der Waals surface area contributed by atoms with Crippen molar-refractivity contribution in [1.29, 1.82) is 0 Å². The minimum atomic E-state index is -2.36. The van der Waals surface area contributed by atoms with Crippen LogP contribution in [0, 0.1) is 16.7 Å². The van der Waals surface area contributed by atoms with Crippen molar-refractivity contribution in [3.63, 3.8) is 0 Å². The summed E-state index contributed by atoms with van der Waals surface area (Å²) >= 11 is 0. The highest BCUT2D eigenvalue weighted by molar-refractivity contribution is 5.94. The quantitative estimate of drug-likeness (QED) is 0.113. The van der Waals surface area contributed by atoms with Crippen LogP contribution in [-0.2, 0) is 54.2 Å². The molecular formula is C49H55NO15. The van der Waals surface area contributed by atoms with Gasteiger partial charge >= 0.3 is 30.0 Å². The monoisotopic (exact) mass is 897 g/mol. The third-order valence-corrected chi connectivity index (χ3v) is 14.0. The largest absolute Gasteiger partial charge is 0.455 e. The molecule has 7 rings (SSSR count). The summed E-state index contributed by atoms with van der Waals surface area (Å²) in [5.74, 6) is -7.07. The third-order valence-electron chi connectivity index (χ3n) is 14.0. The van der Waals surface area contributed by atoms with E-state index in [0.717, 1.165) is 6.92 Å². The molecule has 10 unspecified atom stereocenters. The van der Waals surface area contributed by atoms with E-state index in [9.17, 15) is 39.3 Å². The predicted octanol–water partition coefficient (Wildman–Crippen LogP) is 4.27. The van der Waals surface area contributed by atoms with Gasteiger partial charge in [-0.3, -0.25) is 14.4 Å². The molecule has 2 saturated carbocycles. The van der Waals surface area contributed by atoms with Crippen LogP contribution in [0.15, 0.2) is 102 Å². The van der Waals surface area contributed by atoms with Gasteiger partial charge in [-0.05, 0) is 48.3 Å². The molecule has 0 aromatic heterocycles. The number of fused-ring (bicyclic) bond motifs is 5. The maximum absolute atomic E-state index is 15.1. The lowest BCUT2D eigenvalue weighted by molar-refractivity contribution is -0.346. The maximum atomic E-state index is 15.1. The topological polar surface area (TPSA) is 231 Å². The van der Waals surface area contributed by atoms with Gasteiger partial charge in [-0.25, -0.2) is 14.4 Å². The Balaban J connectivity index is 1.27. The number of esters is 4. The molecule has 2 bridgehead atoms. The molecule has 1 aliphatic heterocycles. The lowest BCUT2D eigenvalue weighted by Gasteiger charge is -2.67. The summed E-state index contributed by atoms with van der Waals surface area (Å²) in [6, 6.07) is 25.4. The van der Waals surface area contributed by atoms with Crippen LogP contribution in [-0.4, -0.2) is 112 Å². The van der Waals surface area contributed by atoms with Gasteiger partial charge in [0, 0.05) is 31.1 Å². The maximum Gasteiger partial charge on any atom is 0.407 e. The number of ketones is 1. The van der Waals surface area contributed by atoms with Crippen LogP contribution >= 0.6 is 0 Å². The van der Waals surface area contributed by atoms with Gasteiger partial charge in [-0.15, -0.1) is 0 Å². The predicted molar refractivity (Wildman–Crippen MR) is 228 cm³/mol. The molecule has 0 radical (unpaired) electrons. The number of carbonyl (C=O) groups excluding carboxylic acids is 6. The van der Waals surface area contributed by atoms with Gasteiger partial charge in [-0.1, -0.05) is 99.6 Å². The van der Waals surface area contributed by atoms with Crippen molar-refractivity contribution in [3.8, 4) is 0 Å². The first-order valence-electron chi connectivity index (χ1n) is 21.6. The van der Waals surface area contributed by atoms with Crippen LogP contribution in [0.25, 0.3) is 0 Å². The molecule has 0 spiro atoms. The normalized spacial score (nSPS) is 30.9. The van der Waals surface area contributed by atoms with Crippen LogP contribution in [0.2, 0.25) is 0 Å². The molecule has 346 valence electrons. The standard InChI is InChI=1S/C49H55NO15/c1-27(31-18-12-8-13-19-31)39(63-36(53)24-50-45(58)60-25-30-16-10-7-11-17-30)44(57)62-33-23-49(59)42(64-43(56)32-20-14-9-15-21-32)40-47(6,41(55)38(54)37(28(33)2)46(49,4)5)34(52)22-35-48(40,26-61-35)65-29(3)51/h7-21,27,33-35,38-40,42,52,54,59H,22-26H2,1-6H3,(H,50,58)/t27?,33?,34?,35?,38?,39?,40?,42?,47?,48-,49?/m0/s1. The summed E-state index contributed by atoms with van der Waals surface area (Å²) in [5.41, 5.74) is -6.29. The number of aliphatic hydroxyl groups is 3. The lowest BCUT2D eigenvalue weighted by atomic mass is 9.44. The highest BCUT2D eigenvalue weighted by Gasteiger charge is 2.78. The van der Waals surface area contributed by atoms with E-state index in [1.807, 2.05) is 6.07 Å². The summed E-state index contributed by atoms with van der Waals surface area (Å²) in [6.45, 7) is 7.78. The van der Waals surface area contributed by atoms with Crippen LogP contribution in [0.3, 0.4) is 0 Å². The molecule has 16 heteroatoms. The van der Waals surface area contributed by atoms with Crippen molar-refractivity contribution in [2.24, 2.45) is 16.7 Å². The molecule has 3 aromatic carbocycles. The van der Waals surface area contributed by atoms with E-state index >= 15 is 4.79 Å². The zero-order valence-corrected chi connectivity index (χ0v) is 37.1. The average molecular weight is 898 g/mol. The van der Waals surface area contributed by atoms with Gasteiger partial charge in [0.05, 0.1) is 29.6 Å². The number of benzene rings is 3. The van der Waals surface area contributed by atoms with E-state index in [1.54, 1.807) is 93.6 Å². The van der Waals surface area contributed by atoms with E-state index in [1.165, 1.54) is 26.0 Å². The molecule has 4 aliphatic rings. The van der Waals surface area contributed by atoms with Gasteiger partial charge in [0.2, 0.25) is 6.10 Å². The first-order chi connectivity index (χ1) is 30.8. The molecule has 3 aromatic rings. The summed E-state index contributed by atoms with van der Waals surface area (Å²) in [4.78, 5) is 82.7. The van der Waals surface area contributed by atoms with Crippen molar-refractivity contribution in [1.82, 2.24) is 5.32 Å². The van der Waals surface area contributed by atoms with Crippen LogP contribution in [0.5, 0.6) is 0 Å². The number of amides is 1. The summed E-state index contributed by atoms with van der Waals surface area (Å²) < 4.78 is 35.4. The molecule has 3 fully saturated rings. The van der Waals surface area contributed by atoms with Crippen LogP contribution in [0.4, 0.5) is 4.79 Å². The number of hydrogen-bond donors (Lipinski definition) is 4. The van der Waals surface area contributed by atoms with Gasteiger partial charge < -0.3 is 49.1 Å². The Morgan fingerprint density at radius 1 is 0.892 bits per heavy atom. The average Bonchev–Trinajstić information content (AvgIpc) is 3.28.